The predicted molar refractivity (Wildman–Crippen MR) is 102 cm³/mol. The summed E-state index contributed by atoms with van der Waals surface area (Å²) in [6.45, 7) is 14.0. The average molecular weight is 383 g/mol. The Morgan fingerprint density at radius 2 is 1.70 bits per heavy atom. The second kappa shape index (κ2) is 7.62. The highest BCUT2D eigenvalue weighted by Gasteiger charge is 2.51. The molecule has 2 saturated heterocycles. The molecule has 0 aromatic carbocycles. The van der Waals surface area contributed by atoms with Crippen molar-refractivity contribution in [1.29, 1.82) is 0 Å². The highest BCUT2D eigenvalue weighted by atomic mass is 16.7. The summed E-state index contributed by atoms with van der Waals surface area (Å²) in [7, 11) is 1.06. The van der Waals surface area contributed by atoms with E-state index in [0.717, 1.165) is 6.42 Å². The number of amides is 1. The average Bonchev–Trinajstić information content (AvgIpc) is 3.01. The van der Waals surface area contributed by atoms with E-state index in [1.165, 1.54) is 12.0 Å². The van der Waals surface area contributed by atoms with Crippen LogP contribution in [0.25, 0.3) is 0 Å². The maximum absolute atomic E-state index is 12.5. The fourth-order valence-electron chi connectivity index (χ4n) is 3.47. The van der Waals surface area contributed by atoms with Crippen molar-refractivity contribution >= 4 is 19.2 Å². The number of methoxy groups -OCH3 is 1. The summed E-state index contributed by atoms with van der Waals surface area (Å²) in [6.07, 6.45) is 1.60. The molecule has 154 valence electrons. The molecular formula is C19H34BNO6. The van der Waals surface area contributed by atoms with Crippen molar-refractivity contribution in [1.82, 2.24) is 4.90 Å². The van der Waals surface area contributed by atoms with Gasteiger partial charge in [-0.2, -0.15) is 0 Å². The highest BCUT2D eigenvalue weighted by molar-refractivity contribution is 6.45. The first-order valence-corrected chi connectivity index (χ1v) is 9.69. The van der Waals surface area contributed by atoms with Crippen LogP contribution in [0.5, 0.6) is 0 Å². The van der Waals surface area contributed by atoms with Crippen molar-refractivity contribution < 1.29 is 28.4 Å². The van der Waals surface area contributed by atoms with Crippen LogP contribution in [0, 0.1) is 5.92 Å². The lowest BCUT2D eigenvalue weighted by Crippen LogP contribution is -2.43. The Hall–Kier alpha value is -1.28. The molecule has 2 heterocycles. The zero-order valence-corrected chi connectivity index (χ0v) is 18.0. The number of hydrogen-bond acceptors (Lipinski definition) is 6. The minimum absolute atomic E-state index is 0.167. The second-order valence-electron chi connectivity index (χ2n) is 9.54. The third-order valence-corrected chi connectivity index (χ3v) is 5.60. The van der Waals surface area contributed by atoms with Crippen LogP contribution in [0.15, 0.2) is 0 Å². The summed E-state index contributed by atoms with van der Waals surface area (Å²) < 4.78 is 22.4. The molecule has 0 saturated carbocycles. The van der Waals surface area contributed by atoms with E-state index in [4.69, 9.17) is 18.8 Å². The Morgan fingerprint density at radius 3 is 2.19 bits per heavy atom. The lowest BCUT2D eigenvalue weighted by Gasteiger charge is -2.32. The summed E-state index contributed by atoms with van der Waals surface area (Å²) in [4.78, 5) is 26.2. The van der Waals surface area contributed by atoms with E-state index in [0.29, 0.717) is 19.3 Å². The van der Waals surface area contributed by atoms with Gasteiger partial charge in [-0.3, -0.25) is 4.90 Å². The first kappa shape index (κ1) is 22.0. The Labute approximate surface area is 163 Å². The summed E-state index contributed by atoms with van der Waals surface area (Å²) in [5, 5.41) is 0. The van der Waals surface area contributed by atoms with Gasteiger partial charge in [0, 0.05) is 6.54 Å². The number of nitrogens with zero attached hydrogens (tertiary/aromatic N) is 1. The molecule has 0 aromatic rings. The van der Waals surface area contributed by atoms with Crippen molar-refractivity contribution in [3.05, 3.63) is 0 Å². The molecule has 1 amide bonds. The molecule has 2 aliphatic rings. The molecule has 0 spiro atoms. The van der Waals surface area contributed by atoms with Crippen LogP contribution in [0.3, 0.4) is 0 Å². The van der Waals surface area contributed by atoms with Crippen molar-refractivity contribution in [2.45, 2.75) is 90.5 Å². The normalized spacial score (nSPS) is 27.0. The van der Waals surface area contributed by atoms with Crippen molar-refractivity contribution in [3.8, 4) is 0 Å². The van der Waals surface area contributed by atoms with Gasteiger partial charge in [-0.15, -0.1) is 0 Å². The zero-order chi connectivity index (χ0) is 20.6. The smallest absolute Gasteiger partial charge is 0.457 e. The van der Waals surface area contributed by atoms with Gasteiger partial charge in [-0.05, 0) is 67.1 Å². The lowest BCUT2D eigenvalue weighted by atomic mass is 9.79. The van der Waals surface area contributed by atoms with Crippen molar-refractivity contribution in [2.75, 3.05) is 13.7 Å². The largest absolute Gasteiger partial charge is 0.467 e. The summed E-state index contributed by atoms with van der Waals surface area (Å²) in [5.74, 6) is -0.236. The molecular weight excluding hydrogens is 349 g/mol. The molecule has 0 aromatic heterocycles. The first-order chi connectivity index (χ1) is 12.3. The molecule has 7 nitrogen and oxygen atoms in total. The van der Waals surface area contributed by atoms with Gasteiger partial charge in [-0.25, -0.2) is 9.59 Å². The lowest BCUT2D eigenvalue weighted by molar-refractivity contribution is -0.145. The quantitative estimate of drug-likeness (QED) is 0.548. The van der Waals surface area contributed by atoms with E-state index in [9.17, 15) is 9.59 Å². The molecule has 0 radical (unpaired) electrons. The molecule has 2 atom stereocenters. The summed E-state index contributed by atoms with van der Waals surface area (Å²) >= 11 is 0. The molecule has 8 heteroatoms. The minimum Gasteiger partial charge on any atom is -0.467 e. The Kier molecular flexibility index (Phi) is 6.22. The highest BCUT2D eigenvalue weighted by Crippen LogP contribution is 2.39. The fourth-order valence-corrected chi connectivity index (χ4v) is 3.47. The monoisotopic (exact) mass is 383 g/mol. The fraction of sp³-hybridized carbons (Fsp3) is 0.895. The second-order valence-corrected chi connectivity index (χ2v) is 9.54. The van der Waals surface area contributed by atoms with Crippen LogP contribution >= 0.6 is 0 Å². The molecule has 0 bridgehead atoms. The standard InChI is InChI=1S/C19H34BNO6/c1-17(2,3)25-16(23)21-12-13(11-14(21)15(22)24-8)9-10-20-26-18(4,5)19(6,7)27-20/h13-14H,9-12H2,1-8H3. The van der Waals surface area contributed by atoms with Crippen LogP contribution < -0.4 is 0 Å². The Balaban J connectivity index is 1.97. The van der Waals surface area contributed by atoms with E-state index in [-0.39, 0.29) is 24.2 Å². The molecule has 2 unspecified atom stereocenters. The maximum Gasteiger partial charge on any atom is 0.457 e. The number of esters is 1. The predicted octanol–water partition coefficient (Wildman–Crippen LogP) is 3.27. The number of carbonyl (C=O) groups is 2. The molecule has 2 aliphatic heterocycles. The minimum atomic E-state index is -0.613. The molecule has 0 aliphatic carbocycles. The van der Waals surface area contributed by atoms with E-state index in [2.05, 4.69) is 0 Å². The third-order valence-electron chi connectivity index (χ3n) is 5.60. The molecule has 2 fully saturated rings. The Bertz CT molecular complexity index is 555. The van der Waals surface area contributed by atoms with Gasteiger partial charge < -0.3 is 18.8 Å². The van der Waals surface area contributed by atoms with Crippen LogP contribution in [-0.4, -0.2) is 60.6 Å². The number of carbonyl (C=O) groups excluding carboxylic acids is 2. The van der Waals surface area contributed by atoms with Gasteiger partial charge in [0.1, 0.15) is 11.6 Å². The summed E-state index contributed by atoms with van der Waals surface area (Å²) in [5.41, 5.74) is -1.33. The molecule has 27 heavy (non-hydrogen) atoms. The van der Waals surface area contributed by atoms with Crippen LogP contribution in [0.2, 0.25) is 6.32 Å². The van der Waals surface area contributed by atoms with Gasteiger partial charge in [-0.1, -0.05) is 6.42 Å². The molecule has 0 N–H and O–H groups in total. The zero-order valence-electron chi connectivity index (χ0n) is 18.0. The number of likely N-dealkylation sites (tertiary alicyclic amines) is 1. The van der Waals surface area contributed by atoms with E-state index in [1.54, 1.807) is 0 Å². The molecule has 2 rings (SSSR count). The number of ether oxygens (including phenoxy) is 2. The van der Waals surface area contributed by atoms with Crippen LogP contribution in [0.4, 0.5) is 4.79 Å². The number of rotatable bonds is 4. The Morgan fingerprint density at radius 1 is 1.15 bits per heavy atom. The van der Waals surface area contributed by atoms with Gasteiger partial charge in [0.05, 0.1) is 18.3 Å². The topological polar surface area (TPSA) is 74.3 Å². The van der Waals surface area contributed by atoms with Crippen LogP contribution in [-0.2, 0) is 23.6 Å². The van der Waals surface area contributed by atoms with Gasteiger partial charge in [0.2, 0.25) is 0 Å². The number of hydrogen-bond donors (Lipinski definition) is 0. The third kappa shape index (κ3) is 5.16. The van der Waals surface area contributed by atoms with Gasteiger partial charge in [0.15, 0.2) is 0 Å². The van der Waals surface area contributed by atoms with Crippen LogP contribution in [0.1, 0.15) is 61.3 Å². The van der Waals surface area contributed by atoms with Gasteiger partial charge in [0.25, 0.3) is 0 Å². The van der Waals surface area contributed by atoms with E-state index in [1.807, 2.05) is 48.5 Å². The summed E-state index contributed by atoms with van der Waals surface area (Å²) in [6, 6.07) is -0.604. The van der Waals surface area contributed by atoms with E-state index < -0.39 is 23.7 Å². The first-order valence-electron chi connectivity index (χ1n) is 9.69. The van der Waals surface area contributed by atoms with Crippen molar-refractivity contribution in [3.63, 3.8) is 0 Å². The van der Waals surface area contributed by atoms with Crippen molar-refractivity contribution in [2.24, 2.45) is 5.92 Å². The maximum atomic E-state index is 12.5. The van der Waals surface area contributed by atoms with E-state index >= 15 is 0 Å². The SMILES string of the molecule is COC(=O)C1CC(CCB2OC(C)(C)C(C)(C)O2)CN1C(=O)OC(C)(C)C. The van der Waals surface area contributed by atoms with Gasteiger partial charge >= 0.3 is 19.2 Å².